The molecular formula is C8H10N2O. The summed E-state index contributed by atoms with van der Waals surface area (Å²) in [5, 5.41) is 0. The molecule has 0 saturated heterocycles. The minimum absolute atomic E-state index is 0.734. The van der Waals surface area contributed by atoms with Crippen LogP contribution in [-0.4, -0.2) is 9.97 Å². The van der Waals surface area contributed by atoms with Crippen molar-refractivity contribution in [2.45, 2.75) is 13.8 Å². The van der Waals surface area contributed by atoms with Crippen molar-refractivity contribution in [3.8, 4) is 0 Å². The smallest absolute Gasteiger partial charge is 0.170 e. The van der Waals surface area contributed by atoms with Crippen LogP contribution in [0.3, 0.4) is 0 Å². The summed E-state index contributed by atoms with van der Waals surface area (Å²) in [7, 11) is 0. The first-order chi connectivity index (χ1) is 5.47. The predicted octanol–water partition coefficient (Wildman–Crippen LogP) is 2.25. The third kappa shape index (κ3) is 1.55. The zero-order chi connectivity index (χ0) is 8.10. The second-order valence-corrected chi connectivity index (χ2v) is 1.69. The van der Waals surface area contributed by atoms with Gasteiger partial charge in [-0.15, -0.1) is 0 Å². The Labute approximate surface area is 65.1 Å². The number of hydrogen-bond acceptors (Lipinski definition) is 3. The van der Waals surface area contributed by atoms with Crippen molar-refractivity contribution in [3.63, 3.8) is 0 Å². The molecule has 0 aliphatic heterocycles. The molecule has 0 saturated carbocycles. The molecule has 2 aromatic heterocycles. The molecular weight excluding hydrogens is 140 g/mol. The van der Waals surface area contributed by atoms with Crippen LogP contribution in [0.2, 0.25) is 0 Å². The fraction of sp³-hybridized carbons (Fsp3) is 0.250. The van der Waals surface area contributed by atoms with Crippen LogP contribution in [0.5, 0.6) is 0 Å². The second-order valence-electron chi connectivity index (χ2n) is 1.69. The number of hydrogen-bond donors (Lipinski definition) is 0. The maximum Gasteiger partial charge on any atom is 0.170 e. The van der Waals surface area contributed by atoms with Gasteiger partial charge in [-0.25, -0.2) is 9.97 Å². The van der Waals surface area contributed by atoms with Gasteiger partial charge in [-0.3, -0.25) is 0 Å². The van der Waals surface area contributed by atoms with E-state index >= 15 is 0 Å². The first-order valence-corrected chi connectivity index (χ1v) is 3.60. The Kier molecular flexibility index (Phi) is 2.60. The van der Waals surface area contributed by atoms with E-state index < -0.39 is 0 Å². The normalized spacial score (nSPS) is 8.91. The molecule has 0 aromatic carbocycles. The van der Waals surface area contributed by atoms with E-state index in [-0.39, 0.29) is 0 Å². The largest absolute Gasteiger partial charge is 0.461 e. The molecule has 3 heteroatoms. The van der Waals surface area contributed by atoms with E-state index in [1.807, 2.05) is 13.8 Å². The molecule has 0 fully saturated rings. The lowest BCUT2D eigenvalue weighted by Gasteiger charge is -1.80. The van der Waals surface area contributed by atoms with Crippen LogP contribution in [0, 0.1) is 0 Å². The van der Waals surface area contributed by atoms with Gasteiger partial charge in [0.15, 0.2) is 5.58 Å². The molecule has 0 unspecified atom stereocenters. The molecule has 0 aliphatic carbocycles. The highest BCUT2D eigenvalue weighted by Crippen LogP contribution is 2.08. The van der Waals surface area contributed by atoms with E-state index in [2.05, 4.69) is 9.97 Å². The monoisotopic (exact) mass is 150 g/mol. The zero-order valence-electron chi connectivity index (χ0n) is 6.61. The van der Waals surface area contributed by atoms with Crippen molar-refractivity contribution in [2.24, 2.45) is 0 Å². The molecule has 2 rings (SSSR count). The van der Waals surface area contributed by atoms with Gasteiger partial charge in [0.25, 0.3) is 0 Å². The van der Waals surface area contributed by atoms with Gasteiger partial charge in [-0.1, -0.05) is 13.8 Å². The van der Waals surface area contributed by atoms with Gasteiger partial charge in [-0.2, -0.15) is 0 Å². The molecule has 0 amide bonds. The van der Waals surface area contributed by atoms with Crippen molar-refractivity contribution < 1.29 is 4.42 Å². The molecule has 58 valence electrons. The molecule has 2 aromatic rings. The minimum atomic E-state index is 0.734. The van der Waals surface area contributed by atoms with E-state index in [0.29, 0.717) is 0 Å². The van der Waals surface area contributed by atoms with Crippen LogP contribution >= 0.6 is 0 Å². The van der Waals surface area contributed by atoms with Crippen molar-refractivity contribution in [1.29, 1.82) is 0 Å². The highest BCUT2D eigenvalue weighted by molar-refractivity contribution is 5.70. The van der Waals surface area contributed by atoms with Gasteiger partial charge in [0.05, 0.1) is 12.5 Å². The number of fused-ring (bicyclic) bond motifs is 1. The quantitative estimate of drug-likeness (QED) is 0.578. The highest BCUT2D eigenvalue weighted by atomic mass is 16.3. The minimum Gasteiger partial charge on any atom is -0.461 e. The Balaban J connectivity index is 0.000000281. The lowest BCUT2D eigenvalue weighted by atomic mass is 10.5. The van der Waals surface area contributed by atoms with E-state index in [1.165, 1.54) is 6.33 Å². The Bertz CT molecular complexity index is 286. The number of furan rings is 1. The summed E-state index contributed by atoms with van der Waals surface area (Å²) in [5.41, 5.74) is 1.59. The van der Waals surface area contributed by atoms with E-state index in [9.17, 15) is 0 Å². The van der Waals surface area contributed by atoms with E-state index in [4.69, 9.17) is 4.42 Å². The standard InChI is InChI=1S/C6H4N2O.C2H6/c1-2-9-6-3-7-4-8-5(1)6;1-2/h1-4H;1-2H3. The summed E-state index contributed by atoms with van der Waals surface area (Å²) >= 11 is 0. The SMILES string of the molecule is CC.c1ncc2occc2n1. The van der Waals surface area contributed by atoms with E-state index in [0.717, 1.165) is 11.1 Å². The molecule has 0 radical (unpaired) electrons. The number of aromatic nitrogens is 2. The summed E-state index contributed by atoms with van der Waals surface area (Å²) in [4.78, 5) is 7.72. The average molecular weight is 150 g/mol. The molecule has 0 spiro atoms. The molecule has 2 heterocycles. The third-order valence-corrected chi connectivity index (χ3v) is 1.13. The van der Waals surface area contributed by atoms with Crippen molar-refractivity contribution in [1.82, 2.24) is 9.97 Å². The maximum absolute atomic E-state index is 4.99. The highest BCUT2D eigenvalue weighted by Gasteiger charge is 1.92. The van der Waals surface area contributed by atoms with Crippen LogP contribution < -0.4 is 0 Å². The van der Waals surface area contributed by atoms with Crippen LogP contribution in [0.4, 0.5) is 0 Å². The number of nitrogens with zero attached hydrogens (tertiary/aromatic N) is 2. The molecule has 0 aliphatic rings. The van der Waals surface area contributed by atoms with Gasteiger partial charge >= 0.3 is 0 Å². The van der Waals surface area contributed by atoms with Gasteiger partial charge in [-0.05, 0) is 0 Å². The summed E-state index contributed by atoms with van der Waals surface area (Å²) in [6.07, 6.45) is 4.74. The summed E-state index contributed by atoms with van der Waals surface area (Å²) < 4.78 is 4.99. The van der Waals surface area contributed by atoms with Crippen molar-refractivity contribution >= 4 is 11.1 Å². The molecule has 0 N–H and O–H groups in total. The second kappa shape index (κ2) is 3.71. The summed E-state index contributed by atoms with van der Waals surface area (Å²) in [6, 6.07) is 1.80. The maximum atomic E-state index is 4.99. The topological polar surface area (TPSA) is 38.9 Å². The van der Waals surface area contributed by atoms with Gasteiger partial charge in [0, 0.05) is 6.07 Å². The Morgan fingerprint density at radius 3 is 2.91 bits per heavy atom. The third-order valence-electron chi connectivity index (χ3n) is 1.13. The van der Waals surface area contributed by atoms with E-state index in [1.54, 1.807) is 18.5 Å². The first kappa shape index (κ1) is 7.72. The Morgan fingerprint density at radius 2 is 2.18 bits per heavy atom. The molecule has 11 heavy (non-hydrogen) atoms. The van der Waals surface area contributed by atoms with Gasteiger partial charge < -0.3 is 4.42 Å². The lowest BCUT2D eigenvalue weighted by Crippen LogP contribution is -1.72. The van der Waals surface area contributed by atoms with Crippen molar-refractivity contribution in [2.75, 3.05) is 0 Å². The molecule has 3 nitrogen and oxygen atoms in total. The molecule has 0 atom stereocenters. The van der Waals surface area contributed by atoms with Crippen LogP contribution in [-0.2, 0) is 0 Å². The lowest BCUT2D eigenvalue weighted by molar-refractivity contribution is 0.613. The Morgan fingerprint density at radius 1 is 1.36 bits per heavy atom. The van der Waals surface area contributed by atoms with Gasteiger partial charge in [0.1, 0.15) is 11.8 Å². The van der Waals surface area contributed by atoms with Crippen molar-refractivity contribution in [3.05, 3.63) is 24.9 Å². The fourth-order valence-corrected chi connectivity index (χ4v) is 0.714. The predicted molar refractivity (Wildman–Crippen MR) is 43.2 cm³/mol. The summed E-state index contributed by atoms with van der Waals surface area (Å²) in [5.74, 6) is 0. The van der Waals surface area contributed by atoms with Crippen LogP contribution in [0.25, 0.3) is 11.1 Å². The summed E-state index contributed by atoms with van der Waals surface area (Å²) in [6.45, 7) is 4.00. The average Bonchev–Trinajstić information content (AvgIpc) is 2.55. The zero-order valence-corrected chi connectivity index (χ0v) is 6.61. The Hall–Kier alpha value is -1.38. The fourth-order valence-electron chi connectivity index (χ4n) is 0.714. The number of rotatable bonds is 0. The van der Waals surface area contributed by atoms with Gasteiger partial charge in [0.2, 0.25) is 0 Å². The molecule has 0 bridgehead atoms. The first-order valence-electron chi connectivity index (χ1n) is 3.60. The van der Waals surface area contributed by atoms with Crippen LogP contribution in [0.1, 0.15) is 13.8 Å². The van der Waals surface area contributed by atoms with Crippen LogP contribution in [0.15, 0.2) is 29.3 Å².